The second-order valence-corrected chi connectivity index (χ2v) is 7.47. The molecule has 1 saturated carbocycles. The van der Waals surface area contributed by atoms with Crippen LogP contribution in [0.2, 0.25) is 0 Å². The molecule has 3 fully saturated rings. The van der Waals surface area contributed by atoms with Gasteiger partial charge in [-0.2, -0.15) is 0 Å². The van der Waals surface area contributed by atoms with E-state index in [-0.39, 0.29) is 22.7 Å². The third-order valence-corrected chi connectivity index (χ3v) is 6.19. The highest BCUT2D eigenvalue weighted by molar-refractivity contribution is 5.18. The number of rotatable bonds is 1. The molecule has 98 valence electrons. The summed E-state index contributed by atoms with van der Waals surface area (Å²) in [6.45, 7) is 9.12. The van der Waals surface area contributed by atoms with E-state index in [9.17, 15) is 5.11 Å². The van der Waals surface area contributed by atoms with Gasteiger partial charge in [0.05, 0.1) is 17.3 Å². The summed E-state index contributed by atoms with van der Waals surface area (Å²) < 4.78 is 6.54. The molecule has 1 spiro atoms. The van der Waals surface area contributed by atoms with Gasteiger partial charge in [0, 0.05) is 0 Å². The molecule has 2 saturated heterocycles. The minimum Gasteiger partial charge on any atom is -0.390 e. The molecule has 1 aliphatic carbocycles. The van der Waals surface area contributed by atoms with E-state index in [4.69, 9.17) is 4.74 Å². The average Bonchev–Trinajstić information content (AvgIpc) is 2.68. The molecular weight excluding hydrogens is 212 g/mol. The SMILES string of the molecule is CC(C)[C@@H]1CC[C@@]2(C)C[C@@H](O)[C@]3(C)CC[C@]12O3. The summed E-state index contributed by atoms with van der Waals surface area (Å²) in [5, 5.41) is 10.4. The summed E-state index contributed by atoms with van der Waals surface area (Å²) in [6, 6.07) is 0. The van der Waals surface area contributed by atoms with Crippen molar-refractivity contribution >= 4 is 0 Å². The largest absolute Gasteiger partial charge is 0.390 e. The molecule has 0 aromatic carbocycles. The minimum absolute atomic E-state index is 0.0646. The van der Waals surface area contributed by atoms with E-state index in [1.165, 1.54) is 12.8 Å². The molecule has 2 heteroatoms. The van der Waals surface area contributed by atoms with Gasteiger partial charge in [-0.25, -0.2) is 0 Å². The number of aliphatic hydroxyl groups excluding tert-OH is 1. The van der Waals surface area contributed by atoms with Crippen molar-refractivity contribution in [3.05, 3.63) is 0 Å². The molecule has 5 atom stereocenters. The van der Waals surface area contributed by atoms with Crippen LogP contribution in [0.3, 0.4) is 0 Å². The van der Waals surface area contributed by atoms with E-state index in [2.05, 4.69) is 27.7 Å². The Bertz CT molecular complexity index is 340. The van der Waals surface area contributed by atoms with Crippen LogP contribution in [-0.4, -0.2) is 22.4 Å². The van der Waals surface area contributed by atoms with Gasteiger partial charge in [-0.15, -0.1) is 0 Å². The predicted octanol–water partition coefficient (Wildman–Crippen LogP) is 3.13. The van der Waals surface area contributed by atoms with E-state index in [1.54, 1.807) is 0 Å². The van der Waals surface area contributed by atoms with Crippen molar-refractivity contribution in [3.8, 4) is 0 Å². The van der Waals surface area contributed by atoms with Crippen LogP contribution in [0.15, 0.2) is 0 Å². The van der Waals surface area contributed by atoms with Crippen molar-refractivity contribution in [2.24, 2.45) is 17.3 Å². The second-order valence-electron chi connectivity index (χ2n) is 7.47. The first-order chi connectivity index (χ1) is 7.83. The number of hydrogen-bond acceptors (Lipinski definition) is 2. The summed E-state index contributed by atoms with van der Waals surface area (Å²) in [5.74, 6) is 1.37. The maximum absolute atomic E-state index is 10.4. The van der Waals surface area contributed by atoms with Gasteiger partial charge in [0.25, 0.3) is 0 Å². The van der Waals surface area contributed by atoms with Gasteiger partial charge in [0.15, 0.2) is 0 Å². The summed E-state index contributed by atoms with van der Waals surface area (Å²) in [4.78, 5) is 0. The molecular formula is C15H26O2. The lowest BCUT2D eigenvalue weighted by atomic mass is 9.66. The van der Waals surface area contributed by atoms with Gasteiger partial charge in [-0.3, -0.25) is 0 Å². The summed E-state index contributed by atoms with van der Waals surface area (Å²) >= 11 is 0. The molecule has 0 amide bonds. The smallest absolute Gasteiger partial charge is 0.0921 e. The summed E-state index contributed by atoms with van der Waals surface area (Å²) in [6.07, 6.45) is 5.36. The average molecular weight is 238 g/mol. The summed E-state index contributed by atoms with van der Waals surface area (Å²) in [7, 11) is 0. The van der Waals surface area contributed by atoms with Gasteiger partial charge < -0.3 is 9.84 Å². The molecule has 0 unspecified atom stereocenters. The third kappa shape index (κ3) is 1.29. The zero-order chi connectivity index (χ0) is 12.5. The molecule has 2 nitrogen and oxygen atoms in total. The topological polar surface area (TPSA) is 29.5 Å². The first-order valence-corrected chi connectivity index (χ1v) is 7.21. The molecule has 3 aliphatic rings. The molecule has 2 bridgehead atoms. The van der Waals surface area contributed by atoms with Crippen molar-refractivity contribution < 1.29 is 9.84 Å². The minimum atomic E-state index is -0.269. The van der Waals surface area contributed by atoms with Gasteiger partial charge in [0.2, 0.25) is 0 Å². The fraction of sp³-hybridized carbons (Fsp3) is 1.00. The van der Waals surface area contributed by atoms with Crippen LogP contribution in [0.5, 0.6) is 0 Å². The molecule has 0 aromatic rings. The predicted molar refractivity (Wildman–Crippen MR) is 67.7 cm³/mol. The lowest BCUT2D eigenvalue weighted by Crippen LogP contribution is -2.58. The highest BCUT2D eigenvalue weighted by Gasteiger charge is 2.69. The lowest BCUT2D eigenvalue weighted by Gasteiger charge is -2.52. The van der Waals surface area contributed by atoms with Gasteiger partial charge in [-0.1, -0.05) is 20.8 Å². The number of hydrogen-bond donors (Lipinski definition) is 1. The Hall–Kier alpha value is -0.0800. The van der Waals surface area contributed by atoms with Crippen LogP contribution in [-0.2, 0) is 4.74 Å². The van der Waals surface area contributed by atoms with E-state index >= 15 is 0 Å². The third-order valence-electron chi connectivity index (χ3n) is 6.19. The quantitative estimate of drug-likeness (QED) is 0.760. The van der Waals surface area contributed by atoms with E-state index in [1.807, 2.05) is 0 Å². The molecule has 1 N–H and O–H groups in total. The second kappa shape index (κ2) is 3.27. The van der Waals surface area contributed by atoms with Crippen LogP contribution >= 0.6 is 0 Å². The first-order valence-electron chi connectivity index (χ1n) is 7.21. The molecule has 0 radical (unpaired) electrons. The molecule has 2 heterocycles. The highest BCUT2D eigenvalue weighted by Crippen LogP contribution is 2.67. The monoisotopic (exact) mass is 238 g/mol. The van der Waals surface area contributed by atoms with Crippen LogP contribution < -0.4 is 0 Å². The number of fused-ring (bicyclic) bond motifs is 1. The standard InChI is InChI=1S/C15H26O2/c1-10(2)11-5-6-13(3)9-12(16)14(4)7-8-15(11,13)17-14/h10-12,16H,5-9H2,1-4H3/t11-,12+,13-,14-,15-/m0/s1. The van der Waals surface area contributed by atoms with E-state index in [0.717, 1.165) is 19.3 Å². The number of ether oxygens (including phenoxy) is 1. The fourth-order valence-electron chi connectivity index (χ4n) is 5.03. The Morgan fingerprint density at radius 2 is 1.88 bits per heavy atom. The van der Waals surface area contributed by atoms with Gasteiger partial charge >= 0.3 is 0 Å². The molecule has 0 aromatic heterocycles. The van der Waals surface area contributed by atoms with E-state index < -0.39 is 0 Å². The summed E-state index contributed by atoms with van der Waals surface area (Å²) in [5.41, 5.74) is 0.00347. The Morgan fingerprint density at radius 1 is 1.18 bits per heavy atom. The van der Waals surface area contributed by atoms with Crippen LogP contribution in [0.25, 0.3) is 0 Å². The Morgan fingerprint density at radius 3 is 2.53 bits per heavy atom. The van der Waals surface area contributed by atoms with Crippen LogP contribution in [0.1, 0.15) is 59.8 Å². The zero-order valence-corrected chi connectivity index (χ0v) is 11.6. The zero-order valence-electron chi connectivity index (χ0n) is 11.6. The Balaban J connectivity index is 2.03. The normalized spacial score (nSPS) is 57.5. The van der Waals surface area contributed by atoms with Gasteiger partial charge in [0.1, 0.15) is 0 Å². The van der Waals surface area contributed by atoms with Crippen molar-refractivity contribution in [3.63, 3.8) is 0 Å². The van der Waals surface area contributed by atoms with Crippen LogP contribution in [0.4, 0.5) is 0 Å². The fourth-order valence-corrected chi connectivity index (χ4v) is 5.03. The Kier molecular flexibility index (Phi) is 2.30. The molecule has 3 rings (SSSR count). The Labute approximate surface area is 105 Å². The van der Waals surface area contributed by atoms with Crippen LogP contribution in [0, 0.1) is 17.3 Å². The molecule has 2 aliphatic heterocycles. The lowest BCUT2D eigenvalue weighted by molar-refractivity contribution is -0.246. The van der Waals surface area contributed by atoms with Crippen molar-refractivity contribution in [1.29, 1.82) is 0 Å². The first kappa shape index (κ1) is 12.0. The van der Waals surface area contributed by atoms with Crippen molar-refractivity contribution in [2.75, 3.05) is 0 Å². The van der Waals surface area contributed by atoms with E-state index in [0.29, 0.717) is 11.8 Å². The van der Waals surface area contributed by atoms with Gasteiger partial charge in [-0.05, 0) is 56.3 Å². The molecule has 17 heavy (non-hydrogen) atoms. The highest BCUT2D eigenvalue weighted by atomic mass is 16.5. The van der Waals surface area contributed by atoms with Crippen molar-refractivity contribution in [2.45, 2.75) is 77.1 Å². The maximum Gasteiger partial charge on any atom is 0.0921 e. The maximum atomic E-state index is 10.4. The van der Waals surface area contributed by atoms with Crippen molar-refractivity contribution in [1.82, 2.24) is 0 Å². The number of aliphatic hydroxyl groups is 1.